The fourth-order valence-electron chi connectivity index (χ4n) is 1.75. The van der Waals surface area contributed by atoms with E-state index in [0.29, 0.717) is 6.04 Å². The summed E-state index contributed by atoms with van der Waals surface area (Å²) in [5.41, 5.74) is 2.15. The molecule has 17 heavy (non-hydrogen) atoms. The van der Waals surface area contributed by atoms with Crippen molar-refractivity contribution in [1.82, 2.24) is 9.97 Å². The highest BCUT2D eigenvalue weighted by Gasteiger charge is 2.08. The molecule has 0 amide bonds. The van der Waals surface area contributed by atoms with Crippen LogP contribution in [0.1, 0.15) is 26.3 Å². The van der Waals surface area contributed by atoms with Gasteiger partial charge in [-0.15, -0.1) is 0 Å². The molecule has 0 unspecified atom stereocenters. The molecule has 2 aromatic rings. The predicted molar refractivity (Wildman–Crippen MR) is 72.7 cm³/mol. The van der Waals surface area contributed by atoms with E-state index < -0.39 is 0 Å². The highest BCUT2D eigenvalue weighted by atomic mass is 35.5. The van der Waals surface area contributed by atoms with Crippen LogP contribution in [0.3, 0.4) is 0 Å². The van der Waals surface area contributed by atoms with Crippen molar-refractivity contribution >= 4 is 28.3 Å². The zero-order valence-corrected chi connectivity index (χ0v) is 11.0. The lowest BCUT2D eigenvalue weighted by molar-refractivity contribution is 0.890. The summed E-state index contributed by atoms with van der Waals surface area (Å²) >= 11 is 5.92. The first-order valence-electron chi connectivity index (χ1n) is 5.83. The zero-order valence-electron chi connectivity index (χ0n) is 10.3. The number of benzene rings is 1. The second kappa shape index (κ2) is 4.88. The predicted octanol–water partition coefficient (Wildman–Crippen LogP) is 3.67. The van der Waals surface area contributed by atoms with Crippen LogP contribution in [0.2, 0.25) is 5.28 Å². The van der Waals surface area contributed by atoms with Crippen LogP contribution < -0.4 is 5.32 Å². The number of aromatic nitrogens is 2. The van der Waals surface area contributed by atoms with E-state index in [-0.39, 0.29) is 5.28 Å². The number of hydrogen-bond donors (Lipinski definition) is 1. The molecule has 0 aliphatic heterocycles. The van der Waals surface area contributed by atoms with E-state index in [1.54, 1.807) is 0 Å². The van der Waals surface area contributed by atoms with E-state index in [9.17, 15) is 0 Å². The first-order chi connectivity index (χ1) is 8.10. The smallest absolute Gasteiger partial charge is 0.224 e. The normalized spacial score (nSPS) is 11.1. The Morgan fingerprint density at radius 2 is 2.06 bits per heavy atom. The molecule has 4 heteroatoms. The topological polar surface area (TPSA) is 37.8 Å². The molecule has 1 N–H and O–H groups in total. The van der Waals surface area contributed by atoms with Gasteiger partial charge in [0.05, 0.1) is 5.52 Å². The van der Waals surface area contributed by atoms with Gasteiger partial charge >= 0.3 is 0 Å². The summed E-state index contributed by atoms with van der Waals surface area (Å²) in [6, 6.07) is 6.50. The third-order valence-corrected chi connectivity index (χ3v) is 2.74. The van der Waals surface area contributed by atoms with Crippen molar-refractivity contribution in [2.75, 3.05) is 5.32 Å². The number of fused-ring (bicyclic) bond motifs is 1. The fourth-order valence-corrected chi connectivity index (χ4v) is 1.93. The number of nitrogens with one attached hydrogen (secondary N) is 1. The lowest BCUT2D eigenvalue weighted by Gasteiger charge is -2.12. The Labute approximate surface area is 106 Å². The van der Waals surface area contributed by atoms with Gasteiger partial charge in [-0.2, -0.15) is 0 Å². The molecule has 1 aromatic heterocycles. The van der Waals surface area contributed by atoms with E-state index in [1.807, 2.05) is 6.07 Å². The number of nitrogens with zero attached hydrogens (tertiary/aromatic N) is 2. The average molecular weight is 250 g/mol. The van der Waals surface area contributed by atoms with E-state index in [1.165, 1.54) is 5.56 Å². The van der Waals surface area contributed by atoms with Gasteiger partial charge in [-0.3, -0.25) is 0 Å². The molecule has 0 aliphatic rings. The van der Waals surface area contributed by atoms with Crippen LogP contribution >= 0.6 is 11.6 Å². The van der Waals surface area contributed by atoms with E-state index in [4.69, 9.17) is 11.6 Å². The third-order valence-electron chi connectivity index (χ3n) is 2.57. The first-order valence-corrected chi connectivity index (χ1v) is 6.20. The van der Waals surface area contributed by atoms with Gasteiger partial charge in [0, 0.05) is 11.4 Å². The van der Waals surface area contributed by atoms with Crippen LogP contribution in [-0.2, 0) is 6.42 Å². The van der Waals surface area contributed by atoms with Crippen LogP contribution in [0, 0.1) is 0 Å². The molecule has 1 aromatic carbocycles. The molecular weight excluding hydrogens is 234 g/mol. The van der Waals surface area contributed by atoms with Crippen molar-refractivity contribution in [3.63, 3.8) is 0 Å². The molecule has 90 valence electrons. The van der Waals surface area contributed by atoms with Crippen molar-refractivity contribution in [2.45, 2.75) is 33.2 Å². The highest BCUT2D eigenvalue weighted by Crippen LogP contribution is 2.24. The zero-order chi connectivity index (χ0) is 12.4. The van der Waals surface area contributed by atoms with Gasteiger partial charge in [-0.05, 0) is 49.6 Å². The van der Waals surface area contributed by atoms with Crippen molar-refractivity contribution in [3.05, 3.63) is 29.0 Å². The molecule has 0 saturated carbocycles. The van der Waals surface area contributed by atoms with Gasteiger partial charge in [0.25, 0.3) is 0 Å². The van der Waals surface area contributed by atoms with Crippen molar-refractivity contribution in [1.29, 1.82) is 0 Å². The molecule has 1 heterocycles. The summed E-state index contributed by atoms with van der Waals surface area (Å²) in [5, 5.41) is 4.62. The monoisotopic (exact) mass is 249 g/mol. The Balaban J connectivity index is 2.61. The highest BCUT2D eigenvalue weighted by molar-refractivity contribution is 6.28. The molecule has 0 radical (unpaired) electrons. The van der Waals surface area contributed by atoms with E-state index in [2.05, 4.69) is 48.2 Å². The van der Waals surface area contributed by atoms with Crippen LogP contribution in [0.4, 0.5) is 5.82 Å². The van der Waals surface area contributed by atoms with Crippen LogP contribution in [0.25, 0.3) is 10.9 Å². The average Bonchev–Trinajstić information content (AvgIpc) is 2.27. The minimum Gasteiger partial charge on any atom is -0.367 e. The van der Waals surface area contributed by atoms with Crippen molar-refractivity contribution in [2.24, 2.45) is 0 Å². The molecule has 3 nitrogen and oxygen atoms in total. The Bertz CT molecular complexity index is 537. The number of anilines is 1. The number of halogens is 1. The lowest BCUT2D eigenvalue weighted by Crippen LogP contribution is -2.12. The molecule has 0 spiro atoms. The fraction of sp³-hybridized carbons (Fsp3) is 0.385. The Morgan fingerprint density at radius 3 is 2.71 bits per heavy atom. The Kier molecular flexibility index (Phi) is 3.48. The lowest BCUT2D eigenvalue weighted by atomic mass is 10.1. The standard InChI is InChI=1S/C13H16ClN3/c1-4-9-5-6-11-10(7-9)12(15-8(2)3)17-13(14)16-11/h5-8H,4H2,1-3H3,(H,15,16,17). The molecular formula is C13H16ClN3. The van der Waals surface area contributed by atoms with Gasteiger partial charge in [-0.25, -0.2) is 9.97 Å². The number of aryl methyl sites for hydroxylation is 1. The summed E-state index contributed by atoms with van der Waals surface area (Å²) in [5.74, 6) is 0.810. The molecule has 0 atom stereocenters. The van der Waals surface area contributed by atoms with Crippen LogP contribution in [0.5, 0.6) is 0 Å². The van der Waals surface area contributed by atoms with Gasteiger partial charge in [0.2, 0.25) is 5.28 Å². The summed E-state index contributed by atoms with van der Waals surface area (Å²) in [6.45, 7) is 6.28. The molecule has 0 bridgehead atoms. The molecule has 2 rings (SSSR count). The maximum Gasteiger partial charge on any atom is 0.224 e. The Morgan fingerprint density at radius 1 is 1.29 bits per heavy atom. The van der Waals surface area contributed by atoms with Crippen molar-refractivity contribution in [3.8, 4) is 0 Å². The van der Waals surface area contributed by atoms with Crippen LogP contribution in [-0.4, -0.2) is 16.0 Å². The third kappa shape index (κ3) is 2.67. The molecule has 0 aliphatic carbocycles. The van der Waals surface area contributed by atoms with Crippen LogP contribution in [0.15, 0.2) is 18.2 Å². The minimum absolute atomic E-state index is 0.282. The molecule has 0 saturated heterocycles. The first kappa shape index (κ1) is 12.1. The second-order valence-electron chi connectivity index (χ2n) is 4.35. The minimum atomic E-state index is 0.282. The van der Waals surface area contributed by atoms with Gasteiger partial charge in [0.15, 0.2) is 0 Å². The summed E-state index contributed by atoms with van der Waals surface area (Å²) < 4.78 is 0. The maximum atomic E-state index is 5.92. The maximum absolute atomic E-state index is 5.92. The van der Waals surface area contributed by atoms with Gasteiger partial charge < -0.3 is 5.32 Å². The van der Waals surface area contributed by atoms with E-state index >= 15 is 0 Å². The number of hydrogen-bond acceptors (Lipinski definition) is 3. The largest absolute Gasteiger partial charge is 0.367 e. The molecule has 0 fully saturated rings. The summed E-state index contributed by atoms with van der Waals surface area (Å²) in [6.07, 6.45) is 1.000. The van der Waals surface area contributed by atoms with Crippen molar-refractivity contribution < 1.29 is 0 Å². The van der Waals surface area contributed by atoms with Gasteiger partial charge in [-0.1, -0.05) is 13.0 Å². The SMILES string of the molecule is CCc1ccc2nc(Cl)nc(NC(C)C)c2c1. The quantitative estimate of drug-likeness (QED) is 0.844. The van der Waals surface area contributed by atoms with E-state index in [0.717, 1.165) is 23.1 Å². The second-order valence-corrected chi connectivity index (χ2v) is 4.68. The Hall–Kier alpha value is -1.35. The summed E-state index contributed by atoms with van der Waals surface area (Å²) in [7, 11) is 0. The summed E-state index contributed by atoms with van der Waals surface area (Å²) in [4.78, 5) is 8.49. The number of rotatable bonds is 3. The van der Waals surface area contributed by atoms with Gasteiger partial charge in [0.1, 0.15) is 5.82 Å².